The number of carbonyl (C=O) groups is 2. The predicted octanol–water partition coefficient (Wildman–Crippen LogP) is 2.65. The van der Waals surface area contributed by atoms with Gasteiger partial charge >= 0.3 is 6.09 Å². The van der Waals surface area contributed by atoms with E-state index in [0.29, 0.717) is 11.6 Å². The Kier molecular flexibility index (Phi) is 6.88. The van der Waals surface area contributed by atoms with Crippen molar-refractivity contribution in [3.8, 4) is 0 Å². The molecule has 0 unspecified atom stereocenters. The summed E-state index contributed by atoms with van der Waals surface area (Å²) in [6, 6.07) is 12.1. The van der Waals surface area contributed by atoms with Crippen LogP contribution in [0.2, 0.25) is 0 Å². The van der Waals surface area contributed by atoms with E-state index < -0.39 is 11.9 Å². The third-order valence-electron chi connectivity index (χ3n) is 7.45. The number of rotatable bonds is 6. The molecule has 0 bridgehead atoms. The van der Waals surface area contributed by atoms with Crippen LogP contribution in [0, 0.1) is 11.7 Å². The molecule has 2 heterocycles. The fourth-order valence-electron chi connectivity index (χ4n) is 5.30. The highest BCUT2D eigenvalue weighted by molar-refractivity contribution is 5.94. The number of nitrogens with zero attached hydrogens (tertiary/aromatic N) is 2. The average molecular weight is 483 g/mol. The minimum absolute atomic E-state index is 0.0892. The molecule has 0 aromatic heterocycles. The van der Waals surface area contributed by atoms with Crippen molar-refractivity contribution >= 4 is 17.7 Å². The number of ether oxygens (including phenoxy) is 1. The molecule has 3 N–H and O–H groups in total. The Morgan fingerprint density at radius 1 is 1.06 bits per heavy atom. The fraction of sp³-hybridized carbons (Fsp3) is 0.462. The highest BCUT2D eigenvalue weighted by Crippen LogP contribution is 2.37. The lowest BCUT2D eigenvalue weighted by Gasteiger charge is -2.43. The van der Waals surface area contributed by atoms with Gasteiger partial charge < -0.3 is 25.4 Å². The number of nitrogens with one attached hydrogen (secondary N) is 2. The summed E-state index contributed by atoms with van der Waals surface area (Å²) in [7, 11) is 0. The lowest BCUT2D eigenvalue weighted by atomic mass is 9.79. The fourth-order valence-corrected chi connectivity index (χ4v) is 5.30. The van der Waals surface area contributed by atoms with Gasteiger partial charge in [0.25, 0.3) is 5.91 Å². The van der Waals surface area contributed by atoms with Crippen LogP contribution in [0.15, 0.2) is 42.5 Å². The predicted molar refractivity (Wildman–Crippen MR) is 129 cm³/mol. The average Bonchev–Trinajstić information content (AvgIpc) is 2.83. The van der Waals surface area contributed by atoms with Crippen LogP contribution in [0.3, 0.4) is 0 Å². The van der Waals surface area contributed by atoms with Gasteiger partial charge in [0, 0.05) is 49.9 Å². The third-order valence-corrected chi connectivity index (χ3v) is 7.45. The molecular formula is C26H31FN4O4. The lowest BCUT2D eigenvalue weighted by Crippen LogP contribution is -2.56. The van der Waals surface area contributed by atoms with Gasteiger partial charge in [-0.2, -0.15) is 0 Å². The summed E-state index contributed by atoms with van der Waals surface area (Å²) < 4.78 is 18.7. The summed E-state index contributed by atoms with van der Waals surface area (Å²) in [6.07, 6.45) is 0.492. The number of benzene rings is 2. The maximum Gasteiger partial charge on any atom is 0.404 e. The van der Waals surface area contributed by atoms with Crippen molar-refractivity contribution in [2.24, 2.45) is 5.92 Å². The van der Waals surface area contributed by atoms with E-state index in [-0.39, 0.29) is 24.4 Å². The van der Waals surface area contributed by atoms with E-state index in [1.54, 1.807) is 0 Å². The van der Waals surface area contributed by atoms with Gasteiger partial charge in [-0.05, 0) is 60.4 Å². The summed E-state index contributed by atoms with van der Waals surface area (Å²) in [5.41, 5.74) is 3.67. The smallest absolute Gasteiger partial charge is 0.404 e. The summed E-state index contributed by atoms with van der Waals surface area (Å²) in [5, 5.41) is 14.8. The number of hydrogen-bond acceptors (Lipinski definition) is 5. The molecule has 2 amide bonds. The molecule has 5 rings (SSSR count). The molecule has 2 aromatic carbocycles. The van der Waals surface area contributed by atoms with Crippen LogP contribution >= 0.6 is 0 Å². The van der Waals surface area contributed by atoms with Crippen LogP contribution in [0.5, 0.6) is 0 Å². The summed E-state index contributed by atoms with van der Waals surface area (Å²) in [5.74, 6) is -0.790. The van der Waals surface area contributed by atoms with Crippen LogP contribution in [-0.4, -0.2) is 74.0 Å². The van der Waals surface area contributed by atoms with Gasteiger partial charge in [-0.1, -0.05) is 6.07 Å². The molecule has 2 aliphatic heterocycles. The van der Waals surface area contributed by atoms with Gasteiger partial charge in [0.15, 0.2) is 0 Å². The zero-order valence-electron chi connectivity index (χ0n) is 19.6. The molecule has 35 heavy (non-hydrogen) atoms. The number of fused-ring (bicyclic) bond motifs is 1. The number of carbonyl (C=O) groups excluding carboxylic acids is 1. The molecule has 2 saturated heterocycles. The Balaban J connectivity index is 1.37. The Bertz CT molecular complexity index is 1070. The number of hydrogen-bond donors (Lipinski definition) is 3. The maximum atomic E-state index is 13.3. The molecule has 2 fully saturated rings. The van der Waals surface area contributed by atoms with E-state index in [2.05, 4.69) is 38.6 Å². The van der Waals surface area contributed by atoms with Gasteiger partial charge in [-0.3, -0.25) is 9.69 Å². The van der Waals surface area contributed by atoms with Crippen LogP contribution in [0.1, 0.15) is 33.9 Å². The van der Waals surface area contributed by atoms with Crippen LogP contribution in [0.25, 0.3) is 0 Å². The number of anilines is 1. The molecule has 0 spiro atoms. The van der Waals surface area contributed by atoms with Crippen LogP contribution in [-0.2, 0) is 11.2 Å². The van der Waals surface area contributed by atoms with Crippen molar-refractivity contribution in [3.63, 3.8) is 0 Å². The number of carboxylic acid groups (broad SMARTS) is 1. The van der Waals surface area contributed by atoms with Crippen LogP contribution in [0.4, 0.5) is 14.9 Å². The second-order valence-electron chi connectivity index (χ2n) is 9.54. The Morgan fingerprint density at radius 3 is 2.46 bits per heavy atom. The lowest BCUT2D eigenvalue weighted by molar-refractivity contribution is -0.0660. The molecule has 2 atom stereocenters. The van der Waals surface area contributed by atoms with Gasteiger partial charge in [0.1, 0.15) is 5.82 Å². The number of aryl methyl sites for hydroxylation is 1. The molecule has 2 aromatic rings. The summed E-state index contributed by atoms with van der Waals surface area (Å²) >= 11 is 0. The van der Waals surface area contributed by atoms with E-state index in [9.17, 15) is 14.0 Å². The highest BCUT2D eigenvalue weighted by Gasteiger charge is 2.33. The van der Waals surface area contributed by atoms with Gasteiger partial charge in [0.2, 0.25) is 0 Å². The number of piperazine rings is 1. The SMILES string of the molecule is O=C(O)NC[C@@H]1CCc2ccc(N3CCN(C4COC4)CC3)cc2[C@H]1NC(=O)c1ccc(F)cc1. The van der Waals surface area contributed by atoms with Crippen LogP contribution < -0.4 is 15.5 Å². The standard InChI is InChI=1S/C26H31FN4O4/c27-20-6-3-18(4-7-20)25(32)29-24-19(14-28-26(33)34)2-1-17-5-8-21(13-23(17)24)30-9-11-31(12-10-30)22-15-35-16-22/h3-8,13,19,22,24,28H,1-2,9-12,14-16H2,(H,29,32)(H,33,34)/t19-,24-/m0/s1. The molecule has 0 saturated carbocycles. The first-order chi connectivity index (χ1) is 17.0. The number of amides is 2. The van der Waals surface area contributed by atoms with Crippen molar-refractivity contribution in [1.29, 1.82) is 0 Å². The molecular weight excluding hydrogens is 451 g/mol. The first kappa shape index (κ1) is 23.6. The zero-order chi connectivity index (χ0) is 24.4. The monoisotopic (exact) mass is 482 g/mol. The van der Waals surface area contributed by atoms with Crippen molar-refractivity contribution in [3.05, 3.63) is 65.0 Å². The van der Waals surface area contributed by atoms with E-state index in [1.165, 1.54) is 24.3 Å². The summed E-state index contributed by atoms with van der Waals surface area (Å²) in [4.78, 5) is 29.1. The minimum atomic E-state index is -1.08. The molecule has 8 nitrogen and oxygen atoms in total. The second kappa shape index (κ2) is 10.2. The number of halogens is 1. The summed E-state index contributed by atoms with van der Waals surface area (Å²) in [6.45, 7) is 5.70. The van der Waals surface area contributed by atoms with Gasteiger partial charge in [-0.15, -0.1) is 0 Å². The molecule has 1 aliphatic carbocycles. The second-order valence-corrected chi connectivity index (χ2v) is 9.54. The largest absolute Gasteiger partial charge is 0.465 e. The maximum absolute atomic E-state index is 13.3. The van der Waals surface area contributed by atoms with E-state index in [0.717, 1.165) is 69.0 Å². The van der Waals surface area contributed by atoms with Crippen molar-refractivity contribution in [1.82, 2.24) is 15.5 Å². The first-order valence-electron chi connectivity index (χ1n) is 12.2. The van der Waals surface area contributed by atoms with Crippen molar-refractivity contribution in [2.75, 3.05) is 50.8 Å². The molecule has 3 aliphatic rings. The molecule has 9 heteroatoms. The van der Waals surface area contributed by atoms with E-state index >= 15 is 0 Å². The quantitative estimate of drug-likeness (QED) is 0.586. The molecule has 0 radical (unpaired) electrons. The third kappa shape index (κ3) is 5.26. The van der Waals surface area contributed by atoms with Gasteiger partial charge in [-0.25, -0.2) is 9.18 Å². The highest BCUT2D eigenvalue weighted by atomic mass is 19.1. The Morgan fingerprint density at radius 2 is 1.80 bits per heavy atom. The van der Waals surface area contributed by atoms with Gasteiger partial charge in [0.05, 0.1) is 25.3 Å². The molecule has 186 valence electrons. The zero-order valence-corrected chi connectivity index (χ0v) is 19.6. The van der Waals surface area contributed by atoms with E-state index in [1.807, 2.05) is 0 Å². The van der Waals surface area contributed by atoms with E-state index in [4.69, 9.17) is 9.84 Å². The minimum Gasteiger partial charge on any atom is -0.465 e. The first-order valence-corrected chi connectivity index (χ1v) is 12.2. The Labute approximate surface area is 204 Å². The Hall–Kier alpha value is -3.17. The van der Waals surface area contributed by atoms with Crippen molar-refractivity contribution in [2.45, 2.75) is 24.9 Å². The topological polar surface area (TPSA) is 94.1 Å². The normalized spacial score (nSPS) is 22.7. The van der Waals surface area contributed by atoms with Crippen molar-refractivity contribution < 1.29 is 23.8 Å².